The lowest BCUT2D eigenvalue weighted by Gasteiger charge is -2.14. The van der Waals surface area contributed by atoms with Gasteiger partial charge in [-0.2, -0.15) is 13.2 Å². The zero-order valence-electron chi connectivity index (χ0n) is 14.9. The number of amides is 1. The zero-order valence-corrected chi connectivity index (χ0v) is 16.4. The van der Waals surface area contributed by atoms with E-state index in [0.29, 0.717) is 10.7 Å². The summed E-state index contributed by atoms with van der Waals surface area (Å²) in [6.07, 6.45) is -3.28. The summed E-state index contributed by atoms with van der Waals surface area (Å²) >= 11 is 11.8. The smallest absolute Gasteiger partial charge is 0.393 e. The molecule has 0 atom stereocenters. The number of hydrogen-bond donors (Lipinski definition) is 4. The molecule has 3 rings (SSSR count). The van der Waals surface area contributed by atoms with Gasteiger partial charge in [0.05, 0.1) is 16.1 Å². The molecule has 0 spiro atoms. The molecule has 5 N–H and O–H groups in total. The molecule has 0 unspecified atom stereocenters. The fraction of sp³-hybridized carbons (Fsp3) is 0.0556. The summed E-state index contributed by atoms with van der Waals surface area (Å²) < 4.78 is 38.0. The number of anilines is 4. The fourth-order valence-corrected chi connectivity index (χ4v) is 2.83. The summed E-state index contributed by atoms with van der Waals surface area (Å²) in [5.41, 5.74) is 10.7. The van der Waals surface area contributed by atoms with Crippen LogP contribution in [0.15, 0.2) is 48.8 Å². The van der Waals surface area contributed by atoms with Crippen LogP contribution in [0.25, 0.3) is 0 Å². The number of nitrogens with two attached hydrogens (primary N) is 1. The van der Waals surface area contributed by atoms with Crippen molar-refractivity contribution in [3.8, 4) is 0 Å². The van der Waals surface area contributed by atoms with E-state index in [2.05, 4.69) is 26.1 Å². The van der Waals surface area contributed by atoms with Crippen molar-refractivity contribution in [1.29, 1.82) is 0 Å². The monoisotopic (exact) mass is 456 g/mol. The van der Waals surface area contributed by atoms with Crippen LogP contribution in [0, 0.1) is 0 Å². The molecule has 0 aliphatic rings. The van der Waals surface area contributed by atoms with Crippen molar-refractivity contribution < 1.29 is 18.0 Å². The Hall–Kier alpha value is -3.24. The molecule has 1 heterocycles. The van der Waals surface area contributed by atoms with Gasteiger partial charge in [-0.15, -0.1) is 0 Å². The third-order valence-corrected chi connectivity index (χ3v) is 4.38. The van der Waals surface area contributed by atoms with E-state index in [0.717, 1.165) is 18.5 Å². The Bertz CT molecular complexity index is 1080. The second-order valence-corrected chi connectivity index (χ2v) is 6.73. The molecule has 0 fully saturated rings. The number of nitrogens with one attached hydrogen (secondary N) is 3. The lowest BCUT2D eigenvalue weighted by atomic mass is 10.2. The van der Waals surface area contributed by atoms with Gasteiger partial charge in [0.15, 0.2) is 11.6 Å². The highest BCUT2D eigenvalue weighted by Crippen LogP contribution is 2.31. The average Bonchev–Trinajstić information content (AvgIpc) is 2.68. The van der Waals surface area contributed by atoms with Gasteiger partial charge in [-0.25, -0.2) is 9.97 Å². The summed E-state index contributed by atoms with van der Waals surface area (Å²) in [6, 6.07) is 8.70. The average molecular weight is 457 g/mol. The van der Waals surface area contributed by atoms with Gasteiger partial charge in [-0.3, -0.25) is 15.6 Å². The number of halogens is 5. The van der Waals surface area contributed by atoms with Crippen LogP contribution in [-0.2, 0) is 6.18 Å². The molecule has 0 saturated carbocycles. The Labute approximate surface area is 178 Å². The highest BCUT2D eigenvalue weighted by molar-refractivity contribution is 6.36. The summed E-state index contributed by atoms with van der Waals surface area (Å²) in [6.45, 7) is 0. The van der Waals surface area contributed by atoms with Crippen LogP contribution >= 0.6 is 23.2 Å². The molecule has 0 aliphatic heterocycles. The largest absolute Gasteiger partial charge is 0.416 e. The van der Waals surface area contributed by atoms with Gasteiger partial charge >= 0.3 is 6.18 Å². The minimum atomic E-state index is -4.44. The third-order valence-electron chi connectivity index (χ3n) is 3.83. The lowest BCUT2D eigenvalue weighted by Crippen LogP contribution is -2.30. The lowest BCUT2D eigenvalue weighted by molar-refractivity contribution is -0.137. The molecule has 1 aromatic heterocycles. The topological polar surface area (TPSA) is 105 Å². The molecule has 12 heteroatoms. The van der Waals surface area contributed by atoms with Crippen molar-refractivity contribution >= 4 is 52.1 Å². The maximum Gasteiger partial charge on any atom is 0.416 e. The number of hydrogen-bond acceptors (Lipinski definition) is 6. The first kappa shape index (κ1) is 21.5. The van der Waals surface area contributed by atoms with Crippen LogP contribution in [0.4, 0.5) is 36.2 Å². The predicted molar refractivity (Wildman–Crippen MR) is 109 cm³/mol. The standard InChI is InChI=1S/C18H13Cl2F3N6O/c19-10-3-6-12(13(20)7-10)17(30)29-28-16-14(24)15(25-8-26-16)27-11-4-1-9(2-5-11)18(21,22)23/h1-8H,24H2,(H,29,30)(H2,25,26,27,28). The second-order valence-electron chi connectivity index (χ2n) is 5.89. The van der Waals surface area contributed by atoms with Gasteiger partial charge in [0.25, 0.3) is 5.91 Å². The van der Waals surface area contributed by atoms with Gasteiger partial charge in [0, 0.05) is 10.7 Å². The quantitative estimate of drug-likeness (QED) is 0.407. The van der Waals surface area contributed by atoms with Crippen molar-refractivity contribution in [2.75, 3.05) is 16.5 Å². The van der Waals surface area contributed by atoms with E-state index in [-0.39, 0.29) is 27.9 Å². The highest BCUT2D eigenvalue weighted by atomic mass is 35.5. The van der Waals surface area contributed by atoms with Crippen LogP contribution in [0.5, 0.6) is 0 Å². The number of benzene rings is 2. The number of carbonyl (C=O) groups is 1. The van der Waals surface area contributed by atoms with Crippen molar-refractivity contribution in [1.82, 2.24) is 15.4 Å². The molecule has 0 saturated heterocycles. The van der Waals surface area contributed by atoms with Gasteiger partial charge in [0.2, 0.25) is 0 Å². The number of hydrazine groups is 1. The summed E-state index contributed by atoms with van der Waals surface area (Å²) in [5, 5.41) is 3.33. The normalized spacial score (nSPS) is 11.1. The fourth-order valence-electron chi connectivity index (χ4n) is 2.33. The molecule has 30 heavy (non-hydrogen) atoms. The van der Waals surface area contributed by atoms with E-state index in [1.54, 1.807) is 0 Å². The Kier molecular flexibility index (Phi) is 6.18. The van der Waals surface area contributed by atoms with Crippen molar-refractivity contribution in [2.24, 2.45) is 0 Å². The van der Waals surface area contributed by atoms with Gasteiger partial charge in [0.1, 0.15) is 12.0 Å². The van der Waals surface area contributed by atoms with Crippen LogP contribution < -0.4 is 21.9 Å². The Morgan fingerprint density at radius 1 is 1.00 bits per heavy atom. The van der Waals surface area contributed by atoms with E-state index >= 15 is 0 Å². The molecule has 156 valence electrons. The maximum absolute atomic E-state index is 12.7. The van der Waals surface area contributed by atoms with Crippen LogP contribution in [0.2, 0.25) is 10.0 Å². The molecule has 0 bridgehead atoms. The second kappa shape index (κ2) is 8.64. The number of carbonyl (C=O) groups excluding carboxylic acids is 1. The van der Waals surface area contributed by atoms with Gasteiger partial charge in [-0.05, 0) is 42.5 Å². The number of nitrogen functional groups attached to an aromatic ring is 1. The van der Waals surface area contributed by atoms with Crippen molar-refractivity contribution in [3.63, 3.8) is 0 Å². The maximum atomic E-state index is 12.7. The van der Waals surface area contributed by atoms with E-state index in [9.17, 15) is 18.0 Å². The molecular formula is C18H13Cl2F3N6O. The molecule has 7 nitrogen and oxygen atoms in total. The third kappa shape index (κ3) is 5.02. The molecular weight excluding hydrogens is 444 g/mol. The molecule has 0 radical (unpaired) electrons. The minimum absolute atomic E-state index is 0.0277. The van der Waals surface area contributed by atoms with Gasteiger partial charge in [-0.1, -0.05) is 23.2 Å². The van der Waals surface area contributed by atoms with E-state index in [1.165, 1.54) is 30.3 Å². The predicted octanol–water partition coefficient (Wildman–Crippen LogP) is 4.88. The first-order valence-electron chi connectivity index (χ1n) is 8.21. The molecule has 1 amide bonds. The van der Waals surface area contributed by atoms with Crippen LogP contribution in [-0.4, -0.2) is 15.9 Å². The molecule has 3 aromatic rings. The number of alkyl halides is 3. The van der Waals surface area contributed by atoms with Crippen LogP contribution in [0.1, 0.15) is 15.9 Å². The van der Waals surface area contributed by atoms with E-state index in [1.807, 2.05) is 0 Å². The minimum Gasteiger partial charge on any atom is -0.393 e. The van der Waals surface area contributed by atoms with E-state index in [4.69, 9.17) is 28.9 Å². The Morgan fingerprint density at radius 2 is 1.67 bits per heavy atom. The van der Waals surface area contributed by atoms with Crippen molar-refractivity contribution in [3.05, 3.63) is 70.0 Å². The number of nitrogens with zero attached hydrogens (tertiary/aromatic N) is 2. The summed E-state index contributed by atoms with van der Waals surface area (Å²) in [5.74, 6) is -0.365. The molecule has 2 aromatic carbocycles. The summed E-state index contributed by atoms with van der Waals surface area (Å²) in [7, 11) is 0. The highest BCUT2D eigenvalue weighted by Gasteiger charge is 2.30. The first-order valence-corrected chi connectivity index (χ1v) is 8.97. The van der Waals surface area contributed by atoms with Gasteiger partial charge < -0.3 is 11.1 Å². The van der Waals surface area contributed by atoms with E-state index < -0.39 is 17.6 Å². The number of aromatic nitrogens is 2. The van der Waals surface area contributed by atoms with Crippen LogP contribution in [0.3, 0.4) is 0 Å². The Morgan fingerprint density at radius 3 is 2.30 bits per heavy atom. The van der Waals surface area contributed by atoms with Crippen molar-refractivity contribution in [2.45, 2.75) is 6.18 Å². The summed E-state index contributed by atoms with van der Waals surface area (Å²) in [4.78, 5) is 20.1. The Balaban J connectivity index is 1.71. The number of rotatable bonds is 5. The zero-order chi connectivity index (χ0) is 21.9. The SMILES string of the molecule is Nc1c(NNC(=O)c2ccc(Cl)cc2Cl)ncnc1Nc1ccc(C(F)(F)F)cc1. The first-order chi connectivity index (χ1) is 14.1. The molecule has 0 aliphatic carbocycles.